The van der Waals surface area contributed by atoms with E-state index in [1.165, 1.54) is 6.07 Å². The predicted molar refractivity (Wildman–Crippen MR) is 80.6 cm³/mol. The predicted octanol–water partition coefficient (Wildman–Crippen LogP) is 1.19. The zero-order valence-electron chi connectivity index (χ0n) is 12.8. The van der Waals surface area contributed by atoms with Gasteiger partial charge in [-0.2, -0.15) is 0 Å². The molecule has 0 fully saturated rings. The summed E-state index contributed by atoms with van der Waals surface area (Å²) in [5.74, 6) is -0.368. The molecule has 21 heavy (non-hydrogen) atoms. The van der Waals surface area contributed by atoms with E-state index in [0.29, 0.717) is 18.7 Å². The Balaban J connectivity index is 2.90. The van der Waals surface area contributed by atoms with Crippen molar-refractivity contribution in [2.24, 2.45) is 5.14 Å². The summed E-state index contributed by atoms with van der Waals surface area (Å²) in [6.45, 7) is 8.09. The van der Waals surface area contributed by atoms with Crippen LogP contribution in [0, 0.1) is 6.92 Å². The number of hydrogen-bond acceptors (Lipinski definition) is 4. The standard InChI is InChI=1S/C14H22N2O4S/c1-5-20-14(3,4)9-16-13(17)11-7-6-10(2)12(8-11)21(15,18)19/h6-8H,5,9H2,1-4H3,(H,16,17)(H2,15,18,19). The first-order chi connectivity index (χ1) is 9.57. The molecule has 6 nitrogen and oxygen atoms in total. The van der Waals surface area contributed by atoms with Crippen LogP contribution >= 0.6 is 0 Å². The smallest absolute Gasteiger partial charge is 0.251 e. The van der Waals surface area contributed by atoms with Crippen molar-refractivity contribution >= 4 is 15.9 Å². The number of nitrogens with two attached hydrogens (primary N) is 1. The molecule has 0 radical (unpaired) electrons. The number of hydrogen-bond donors (Lipinski definition) is 2. The molecule has 7 heteroatoms. The Morgan fingerprint density at radius 3 is 2.52 bits per heavy atom. The van der Waals surface area contributed by atoms with Crippen molar-refractivity contribution < 1.29 is 17.9 Å². The average Bonchev–Trinajstić information content (AvgIpc) is 2.35. The molecule has 1 aromatic rings. The van der Waals surface area contributed by atoms with Gasteiger partial charge in [-0.1, -0.05) is 6.07 Å². The van der Waals surface area contributed by atoms with Gasteiger partial charge in [0.05, 0.1) is 10.5 Å². The molecular weight excluding hydrogens is 292 g/mol. The molecular formula is C14H22N2O4S. The van der Waals surface area contributed by atoms with Crippen LogP contribution < -0.4 is 10.5 Å². The summed E-state index contributed by atoms with van der Waals surface area (Å²) < 4.78 is 28.4. The second-order valence-electron chi connectivity index (χ2n) is 5.40. The van der Waals surface area contributed by atoms with E-state index in [1.807, 2.05) is 20.8 Å². The summed E-state index contributed by atoms with van der Waals surface area (Å²) in [7, 11) is -3.85. The summed E-state index contributed by atoms with van der Waals surface area (Å²) in [6, 6.07) is 4.41. The van der Waals surface area contributed by atoms with E-state index in [1.54, 1.807) is 19.1 Å². The van der Waals surface area contributed by atoms with E-state index < -0.39 is 15.6 Å². The second-order valence-corrected chi connectivity index (χ2v) is 6.93. The highest BCUT2D eigenvalue weighted by Gasteiger charge is 2.20. The summed E-state index contributed by atoms with van der Waals surface area (Å²) in [6.07, 6.45) is 0. The van der Waals surface area contributed by atoms with E-state index in [0.717, 1.165) is 0 Å². The molecule has 1 rings (SSSR count). The highest BCUT2D eigenvalue weighted by atomic mass is 32.2. The minimum Gasteiger partial charge on any atom is -0.374 e. The van der Waals surface area contributed by atoms with Crippen molar-refractivity contribution in [3.63, 3.8) is 0 Å². The van der Waals surface area contributed by atoms with Crippen LogP contribution in [0.1, 0.15) is 36.7 Å². The highest BCUT2D eigenvalue weighted by Crippen LogP contribution is 2.16. The van der Waals surface area contributed by atoms with Crippen LogP contribution in [0.5, 0.6) is 0 Å². The zero-order chi connectivity index (χ0) is 16.3. The van der Waals surface area contributed by atoms with E-state index in [-0.39, 0.29) is 16.4 Å². The SMILES string of the molecule is CCOC(C)(C)CNC(=O)c1ccc(C)c(S(N)(=O)=O)c1. The summed E-state index contributed by atoms with van der Waals surface area (Å²) in [4.78, 5) is 12.0. The van der Waals surface area contributed by atoms with Crippen molar-refractivity contribution in [2.45, 2.75) is 38.2 Å². The largest absolute Gasteiger partial charge is 0.374 e. The molecule has 0 saturated carbocycles. The Hall–Kier alpha value is -1.44. The maximum absolute atomic E-state index is 12.1. The maximum atomic E-state index is 12.1. The quantitative estimate of drug-likeness (QED) is 0.824. The van der Waals surface area contributed by atoms with E-state index in [9.17, 15) is 13.2 Å². The number of carbonyl (C=O) groups excluding carboxylic acids is 1. The van der Waals surface area contributed by atoms with Gasteiger partial charge in [-0.25, -0.2) is 13.6 Å². The third-order valence-electron chi connectivity index (χ3n) is 2.97. The second kappa shape index (κ2) is 6.55. The first-order valence-electron chi connectivity index (χ1n) is 6.62. The van der Waals surface area contributed by atoms with Gasteiger partial charge in [-0.05, 0) is 45.4 Å². The number of primary sulfonamides is 1. The lowest BCUT2D eigenvalue weighted by atomic mass is 10.1. The zero-order valence-corrected chi connectivity index (χ0v) is 13.6. The van der Waals surface area contributed by atoms with E-state index in [4.69, 9.17) is 9.88 Å². The van der Waals surface area contributed by atoms with Gasteiger partial charge >= 0.3 is 0 Å². The summed E-state index contributed by atoms with van der Waals surface area (Å²) in [5.41, 5.74) is 0.262. The van der Waals surface area contributed by atoms with Crippen LogP contribution in [0.3, 0.4) is 0 Å². The van der Waals surface area contributed by atoms with Crippen LogP contribution in [-0.4, -0.2) is 33.1 Å². The number of benzene rings is 1. The molecule has 0 heterocycles. The minimum absolute atomic E-state index is 0.0424. The Labute approximate surface area is 125 Å². The van der Waals surface area contributed by atoms with Crippen LogP contribution in [0.25, 0.3) is 0 Å². The number of nitrogens with one attached hydrogen (secondary N) is 1. The molecule has 3 N–H and O–H groups in total. The molecule has 0 spiro atoms. The van der Waals surface area contributed by atoms with Gasteiger partial charge in [0.2, 0.25) is 10.0 Å². The van der Waals surface area contributed by atoms with Gasteiger partial charge in [0.1, 0.15) is 0 Å². The fourth-order valence-corrected chi connectivity index (χ4v) is 2.69. The molecule has 0 atom stereocenters. The van der Waals surface area contributed by atoms with Gasteiger partial charge in [0.15, 0.2) is 0 Å². The number of carbonyl (C=O) groups is 1. The van der Waals surface area contributed by atoms with Crippen LogP contribution in [0.15, 0.2) is 23.1 Å². The Morgan fingerprint density at radius 2 is 2.00 bits per heavy atom. The van der Waals surface area contributed by atoms with Crippen molar-refractivity contribution in [2.75, 3.05) is 13.2 Å². The monoisotopic (exact) mass is 314 g/mol. The Kier molecular flexibility index (Phi) is 5.49. The van der Waals surface area contributed by atoms with E-state index in [2.05, 4.69) is 5.32 Å². The van der Waals surface area contributed by atoms with Crippen molar-refractivity contribution in [3.8, 4) is 0 Å². The highest BCUT2D eigenvalue weighted by molar-refractivity contribution is 7.89. The van der Waals surface area contributed by atoms with Crippen molar-refractivity contribution in [3.05, 3.63) is 29.3 Å². The molecule has 118 valence electrons. The van der Waals surface area contributed by atoms with Crippen molar-refractivity contribution in [1.82, 2.24) is 5.32 Å². The minimum atomic E-state index is -3.85. The van der Waals surface area contributed by atoms with Gasteiger partial charge in [0.25, 0.3) is 5.91 Å². The fraction of sp³-hybridized carbons (Fsp3) is 0.500. The van der Waals surface area contributed by atoms with Gasteiger partial charge in [0, 0.05) is 18.7 Å². The molecule has 0 aliphatic rings. The lowest BCUT2D eigenvalue weighted by Gasteiger charge is -2.24. The molecule has 0 saturated heterocycles. The first kappa shape index (κ1) is 17.6. The maximum Gasteiger partial charge on any atom is 0.251 e. The number of amides is 1. The molecule has 0 aromatic heterocycles. The number of rotatable bonds is 6. The summed E-state index contributed by atoms with van der Waals surface area (Å²) in [5, 5.41) is 7.85. The number of sulfonamides is 1. The van der Waals surface area contributed by atoms with Crippen molar-refractivity contribution in [1.29, 1.82) is 0 Å². The Bertz CT molecular complexity index is 624. The lowest BCUT2D eigenvalue weighted by molar-refractivity contribution is -0.00815. The fourth-order valence-electron chi connectivity index (χ4n) is 1.88. The van der Waals surface area contributed by atoms with Crippen LogP contribution in [0.2, 0.25) is 0 Å². The third-order valence-corrected chi connectivity index (χ3v) is 4.02. The summed E-state index contributed by atoms with van der Waals surface area (Å²) >= 11 is 0. The molecule has 1 aromatic carbocycles. The van der Waals surface area contributed by atoms with Crippen LogP contribution in [0.4, 0.5) is 0 Å². The molecule has 0 unspecified atom stereocenters. The molecule has 0 aliphatic heterocycles. The van der Waals surface area contributed by atoms with Gasteiger partial charge < -0.3 is 10.1 Å². The average molecular weight is 314 g/mol. The van der Waals surface area contributed by atoms with Gasteiger partial charge in [-0.15, -0.1) is 0 Å². The molecule has 0 aliphatic carbocycles. The lowest BCUT2D eigenvalue weighted by Crippen LogP contribution is -2.40. The molecule has 0 bridgehead atoms. The number of aryl methyl sites for hydroxylation is 1. The van der Waals surface area contributed by atoms with E-state index >= 15 is 0 Å². The van der Waals surface area contributed by atoms with Crippen LogP contribution in [-0.2, 0) is 14.8 Å². The third kappa shape index (κ3) is 5.11. The normalized spacial score (nSPS) is 12.2. The number of ether oxygens (including phenoxy) is 1. The topological polar surface area (TPSA) is 98.5 Å². The Morgan fingerprint density at radius 1 is 1.38 bits per heavy atom. The molecule has 1 amide bonds. The first-order valence-corrected chi connectivity index (χ1v) is 8.17. The van der Waals surface area contributed by atoms with Gasteiger partial charge in [-0.3, -0.25) is 4.79 Å².